The van der Waals surface area contributed by atoms with Crippen LogP contribution in [0.5, 0.6) is 5.75 Å². The van der Waals surface area contributed by atoms with Gasteiger partial charge in [-0.1, -0.05) is 24.9 Å². The number of hydrogen-bond donors (Lipinski definition) is 3. The van der Waals surface area contributed by atoms with Gasteiger partial charge in [-0.05, 0) is 37.0 Å². The molecule has 3 N–H and O–H groups in total. The van der Waals surface area contributed by atoms with Gasteiger partial charge in [-0.3, -0.25) is 9.59 Å². The van der Waals surface area contributed by atoms with Gasteiger partial charge in [0.1, 0.15) is 5.75 Å². The van der Waals surface area contributed by atoms with Gasteiger partial charge >= 0.3 is 5.97 Å². The Balaban J connectivity index is 2.11. The third-order valence-electron chi connectivity index (χ3n) is 4.11. The van der Waals surface area contributed by atoms with Crippen LogP contribution in [0.15, 0.2) is 18.2 Å². The molecule has 2 rings (SSSR count). The number of aliphatic carboxylic acids is 1. The number of carbonyl (C=O) groups is 2. The molecule has 1 amide bonds. The Morgan fingerprint density at radius 3 is 2.57 bits per heavy atom. The number of hydrogen-bond acceptors (Lipinski definition) is 3. The Hall–Kier alpha value is -1.75. The molecule has 1 aromatic rings. The molecule has 3 atom stereocenters. The molecule has 114 valence electrons. The van der Waals surface area contributed by atoms with Crippen molar-refractivity contribution in [2.45, 2.75) is 26.2 Å². The van der Waals surface area contributed by atoms with Gasteiger partial charge in [0.2, 0.25) is 5.91 Å². The summed E-state index contributed by atoms with van der Waals surface area (Å²) in [5.74, 6) is -2.19. The van der Waals surface area contributed by atoms with Crippen LogP contribution in [-0.2, 0) is 9.59 Å². The van der Waals surface area contributed by atoms with Crippen LogP contribution in [0.4, 0.5) is 5.69 Å². The van der Waals surface area contributed by atoms with Crippen LogP contribution in [0.2, 0.25) is 5.02 Å². The van der Waals surface area contributed by atoms with Gasteiger partial charge < -0.3 is 15.5 Å². The third-order valence-corrected chi connectivity index (χ3v) is 4.41. The summed E-state index contributed by atoms with van der Waals surface area (Å²) in [6.07, 6.45) is 2.00. The van der Waals surface area contributed by atoms with E-state index in [4.69, 9.17) is 11.6 Å². The van der Waals surface area contributed by atoms with Crippen LogP contribution < -0.4 is 5.32 Å². The van der Waals surface area contributed by atoms with Gasteiger partial charge in [-0.25, -0.2) is 0 Å². The van der Waals surface area contributed by atoms with Gasteiger partial charge in [0.25, 0.3) is 0 Å². The van der Waals surface area contributed by atoms with Crippen molar-refractivity contribution < 1.29 is 19.8 Å². The molecule has 0 spiro atoms. The number of rotatable bonds is 4. The van der Waals surface area contributed by atoms with Crippen LogP contribution in [0, 0.1) is 17.8 Å². The molecule has 1 aromatic carbocycles. The van der Waals surface area contributed by atoms with Gasteiger partial charge in [-0.15, -0.1) is 0 Å². The summed E-state index contributed by atoms with van der Waals surface area (Å²) in [5.41, 5.74) is 0.451. The molecule has 3 unspecified atom stereocenters. The van der Waals surface area contributed by atoms with E-state index in [0.717, 1.165) is 6.42 Å². The largest absolute Gasteiger partial charge is 0.506 e. The van der Waals surface area contributed by atoms with Gasteiger partial charge in [-0.2, -0.15) is 0 Å². The zero-order valence-electron chi connectivity index (χ0n) is 11.7. The number of aromatic hydroxyl groups is 1. The molecule has 1 aliphatic carbocycles. The van der Waals surface area contributed by atoms with Crippen LogP contribution in [-0.4, -0.2) is 22.1 Å². The molecular weight excluding hydrogens is 294 g/mol. The van der Waals surface area contributed by atoms with Crippen molar-refractivity contribution >= 4 is 29.2 Å². The van der Waals surface area contributed by atoms with E-state index in [1.165, 1.54) is 18.2 Å². The molecule has 0 bridgehead atoms. The van der Waals surface area contributed by atoms with E-state index in [1.54, 1.807) is 0 Å². The summed E-state index contributed by atoms with van der Waals surface area (Å²) in [6.45, 7) is 2.00. The van der Waals surface area contributed by atoms with Crippen molar-refractivity contribution in [3.63, 3.8) is 0 Å². The lowest BCUT2D eigenvalue weighted by atomic mass is 9.95. The standard InChI is InChI=1S/C15H18ClNO4/c1-2-8-5-10(11(6-8)15(20)21)14(19)17-9-3-4-13(18)12(16)7-9/h3-4,7-8,10-11,18H,2,5-6H2,1H3,(H,17,19)(H,20,21). The Morgan fingerprint density at radius 1 is 1.33 bits per heavy atom. The fourth-order valence-corrected chi connectivity index (χ4v) is 3.04. The number of anilines is 1. The Bertz CT molecular complexity index is 561. The molecule has 1 fully saturated rings. The molecule has 5 nitrogen and oxygen atoms in total. The highest BCUT2D eigenvalue weighted by Gasteiger charge is 2.42. The molecule has 1 saturated carbocycles. The highest BCUT2D eigenvalue weighted by molar-refractivity contribution is 6.32. The van der Waals surface area contributed by atoms with E-state index in [0.29, 0.717) is 18.5 Å². The van der Waals surface area contributed by atoms with E-state index in [1.807, 2.05) is 6.92 Å². The molecule has 0 heterocycles. The van der Waals surface area contributed by atoms with E-state index in [-0.39, 0.29) is 22.6 Å². The lowest BCUT2D eigenvalue weighted by Crippen LogP contribution is -2.29. The molecule has 0 aromatic heterocycles. The Morgan fingerprint density at radius 2 is 2.00 bits per heavy atom. The second-order valence-corrected chi connectivity index (χ2v) is 5.86. The van der Waals surface area contributed by atoms with Gasteiger partial charge in [0.05, 0.1) is 16.9 Å². The van der Waals surface area contributed by atoms with Crippen molar-refractivity contribution in [2.24, 2.45) is 17.8 Å². The van der Waals surface area contributed by atoms with Crippen molar-refractivity contribution in [3.05, 3.63) is 23.2 Å². The highest BCUT2D eigenvalue weighted by Crippen LogP contribution is 2.39. The number of carbonyl (C=O) groups excluding carboxylic acids is 1. The van der Waals surface area contributed by atoms with Gasteiger partial charge in [0, 0.05) is 5.69 Å². The predicted molar refractivity (Wildman–Crippen MR) is 79.4 cm³/mol. The van der Waals surface area contributed by atoms with Crippen molar-refractivity contribution in [2.75, 3.05) is 5.32 Å². The lowest BCUT2D eigenvalue weighted by molar-refractivity contribution is -0.145. The number of carboxylic acids is 1. The summed E-state index contributed by atoms with van der Waals surface area (Å²) in [7, 11) is 0. The highest BCUT2D eigenvalue weighted by atomic mass is 35.5. The topological polar surface area (TPSA) is 86.6 Å². The van der Waals surface area contributed by atoms with Gasteiger partial charge in [0.15, 0.2) is 0 Å². The first-order chi connectivity index (χ1) is 9.92. The van der Waals surface area contributed by atoms with Crippen LogP contribution in [0.3, 0.4) is 0 Å². The zero-order valence-corrected chi connectivity index (χ0v) is 12.4. The van der Waals surface area contributed by atoms with Crippen molar-refractivity contribution in [1.82, 2.24) is 0 Å². The monoisotopic (exact) mass is 311 g/mol. The fourth-order valence-electron chi connectivity index (χ4n) is 2.86. The minimum atomic E-state index is -0.921. The fraction of sp³-hybridized carbons (Fsp3) is 0.467. The molecule has 1 aliphatic rings. The van der Waals surface area contributed by atoms with E-state index < -0.39 is 17.8 Å². The van der Waals surface area contributed by atoms with Crippen molar-refractivity contribution in [3.8, 4) is 5.75 Å². The number of halogens is 1. The first-order valence-electron chi connectivity index (χ1n) is 6.94. The smallest absolute Gasteiger partial charge is 0.307 e. The maximum Gasteiger partial charge on any atom is 0.307 e. The van der Waals surface area contributed by atoms with E-state index >= 15 is 0 Å². The zero-order chi connectivity index (χ0) is 15.6. The Kier molecular flexibility index (Phi) is 4.73. The number of carboxylic acid groups (broad SMARTS) is 1. The number of phenolic OH excluding ortho intramolecular Hbond substituents is 1. The maximum absolute atomic E-state index is 12.3. The van der Waals surface area contributed by atoms with Crippen molar-refractivity contribution in [1.29, 1.82) is 0 Å². The summed E-state index contributed by atoms with van der Waals surface area (Å²) in [4.78, 5) is 23.6. The summed E-state index contributed by atoms with van der Waals surface area (Å²) in [6, 6.07) is 4.36. The SMILES string of the molecule is CCC1CC(C(=O)O)C(C(=O)Nc2ccc(O)c(Cl)c2)C1. The minimum absolute atomic E-state index is 0.0648. The molecule has 0 aliphatic heterocycles. The maximum atomic E-state index is 12.3. The first kappa shape index (κ1) is 15.6. The Labute approximate surface area is 127 Å². The normalized spacial score (nSPS) is 24.8. The summed E-state index contributed by atoms with van der Waals surface area (Å²) in [5, 5.41) is 21.4. The number of nitrogens with one attached hydrogen (secondary N) is 1. The number of amides is 1. The molecule has 0 radical (unpaired) electrons. The number of benzene rings is 1. The second kappa shape index (κ2) is 6.35. The lowest BCUT2D eigenvalue weighted by Gasteiger charge is -2.15. The summed E-state index contributed by atoms with van der Waals surface area (Å²) >= 11 is 5.79. The first-order valence-corrected chi connectivity index (χ1v) is 7.32. The summed E-state index contributed by atoms with van der Waals surface area (Å²) < 4.78 is 0. The van der Waals surface area contributed by atoms with Crippen LogP contribution in [0.1, 0.15) is 26.2 Å². The molecule has 0 saturated heterocycles. The third kappa shape index (κ3) is 3.47. The minimum Gasteiger partial charge on any atom is -0.506 e. The van der Waals surface area contributed by atoms with E-state index in [2.05, 4.69) is 5.32 Å². The van der Waals surface area contributed by atoms with E-state index in [9.17, 15) is 19.8 Å². The quantitative estimate of drug-likeness (QED) is 0.746. The molecular formula is C15H18ClNO4. The van der Waals surface area contributed by atoms with Crippen LogP contribution in [0.25, 0.3) is 0 Å². The molecule has 21 heavy (non-hydrogen) atoms. The van der Waals surface area contributed by atoms with Crippen LogP contribution >= 0.6 is 11.6 Å². The molecule has 6 heteroatoms. The average Bonchev–Trinajstić information content (AvgIpc) is 2.87. The average molecular weight is 312 g/mol. The predicted octanol–water partition coefficient (Wildman–Crippen LogP) is 3.12. The number of phenols is 1. The second-order valence-electron chi connectivity index (χ2n) is 5.45.